The maximum Gasteiger partial charge on any atom is 0.332 e. The highest BCUT2D eigenvalue weighted by atomic mass is 35.5. The van der Waals surface area contributed by atoms with Crippen LogP contribution in [0.15, 0.2) is 36.5 Å². The van der Waals surface area contributed by atoms with E-state index >= 15 is 0 Å². The van der Waals surface area contributed by atoms with Gasteiger partial charge in [0.25, 0.3) is 0 Å². The van der Waals surface area contributed by atoms with Gasteiger partial charge >= 0.3 is 5.97 Å². The molecule has 0 saturated heterocycles. The van der Waals surface area contributed by atoms with Crippen molar-refractivity contribution in [3.05, 3.63) is 53.1 Å². The summed E-state index contributed by atoms with van der Waals surface area (Å²) in [4.78, 5) is 18.5. The Hall–Kier alpha value is -2.18. The number of ether oxygens (including phenoxy) is 1. The van der Waals surface area contributed by atoms with E-state index in [0.29, 0.717) is 17.0 Å². The zero-order valence-electron chi connectivity index (χ0n) is 10.9. The van der Waals surface area contributed by atoms with Crippen LogP contribution in [0.2, 0.25) is 5.28 Å². The highest BCUT2D eigenvalue weighted by Gasteiger charge is 2.16. The first kappa shape index (κ1) is 15.2. The predicted octanol–water partition coefficient (Wildman–Crippen LogP) is 1.70. The molecule has 2 N–H and O–H groups in total. The maximum absolute atomic E-state index is 10.7. The molecule has 2 rings (SSSR count). The van der Waals surface area contributed by atoms with Crippen molar-refractivity contribution in [2.45, 2.75) is 19.1 Å². The molecule has 0 aliphatic rings. The number of aliphatic hydroxyl groups is 1. The molecule has 0 aliphatic carbocycles. The molecule has 0 radical (unpaired) electrons. The third kappa shape index (κ3) is 4.40. The maximum atomic E-state index is 10.7. The van der Waals surface area contributed by atoms with Crippen molar-refractivity contribution in [3.8, 4) is 5.75 Å². The predicted molar refractivity (Wildman–Crippen MR) is 75.2 cm³/mol. The number of benzene rings is 1. The number of carbonyl (C=O) groups is 1. The third-order valence-electron chi connectivity index (χ3n) is 2.73. The van der Waals surface area contributed by atoms with E-state index < -0.39 is 12.1 Å². The molecule has 1 heterocycles. The van der Waals surface area contributed by atoms with Crippen LogP contribution in [0.3, 0.4) is 0 Å². The highest BCUT2D eigenvalue weighted by Crippen LogP contribution is 2.21. The Bertz CT molecular complexity index is 636. The van der Waals surface area contributed by atoms with Crippen LogP contribution in [-0.4, -0.2) is 32.3 Å². The number of aromatic nitrogens is 2. The van der Waals surface area contributed by atoms with Crippen molar-refractivity contribution in [3.63, 3.8) is 0 Å². The second kappa shape index (κ2) is 7.01. The normalized spacial score (nSPS) is 11.9. The molecule has 0 amide bonds. The quantitative estimate of drug-likeness (QED) is 0.789. The number of carboxylic acids is 1. The molecule has 110 valence electrons. The zero-order valence-corrected chi connectivity index (χ0v) is 11.7. The Balaban J connectivity index is 2.08. The fourth-order valence-electron chi connectivity index (χ4n) is 1.71. The summed E-state index contributed by atoms with van der Waals surface area (Å²) in [5.74, 6) is -0.778. The Morgan fingerprint density at radius 2 is 2.10 bits per heavy atom. The monoisotopic (exact) mass is 308 g/mol. The number of hydrogen-bond acceptors (Lipinski definition) is 5. The van der Waals surface area contributed by atoms with Crippen molar-refractivity contribution >= 4 is 17.6 Å². The van der Waals surface area contributed by atoms with Crippen LogP contribution in [0.4, 0.5) is 0 Å². The lowest BCUT2D eigenvalue weighted by atomic mass is 10.1. The molecule has 1 aromatic carbocycles. The summed E-state index contributed by atoms with van der Waals surface area (Å²) in [6.45, 7) is 0.169. The second-order valence-corrected chi connectivity index (χ2v) is 4.61. The molecule has 21 heavy (non-hydrogen) atoms. The first-order valence-corrected chi connectivity index (χ1v) is 6.53. The van der Waals surface area contributed by atoms with Crippen LogP contribution in [0, 0.1) is 0 Å². The Morgan fingerprint density at radius 3 is 2.81 bits per heavy atom. The molecule has 6 nitrogen and oxygen atoms in total. The van der Waals surface area contributed by atoms with Gasteiger partial charge in [-0.2, -0.15) is 0 Å². The van der Waals surface area contributed by atoms with Crippen LogP contribution in [-0.2, 0) is 17.8 Å². The van der Waals surface area contributed by atoms with Gasteiger partial charge in [-0.1, -0.05) is 18.2 Å². The summed E-state index contributed by atoms with van der Waals surface area (Å²) in [5.41, 5.74) is 1.20. The number of hydrogen-bond donors (Lipinski definition) is 2. The van der Waals surface area contributed by atoms with Gasteiger partial charge in [-0.3, -0.25) is 0 Å². The van der Waals surface area contributed by atoms with E-state index in [0.717, 1.165) is 0 Å². The first-order chi connectivity index (χ1) is 10.1. The fraction of sp³-hybridized carbons (Fsp3) is 0.214. The summed E-state index contributed by atoms with van der Waals surface area (Å²) < 4.78 is 5.61. The van der Waals surface area contributed by atoms with Gasteiger partial charge in [0.15, 0.2) is 6.10 Å². The van der Waals surface area contributed by atoms with Gasteiger partial charge in [-0.25, -0.2) is 14.8 Å². The van der Waals surface area contributed by atoms with E-state index in [1.54, 1.807) is 30.3 Å². The first-order valence-electron chi connectivity index (χ1n) is 6.15. The molecule has 0 bridgehead atoms. The molecular weight excluding hydrogens is 296 g/mol. The van der Waals surface area contributed by atoms with Gasteiger partial charge in [0, 0.05) is 12.6 Å². The van der Waals surface area contributed by atoms with Crippen LogP contribution in [0.1, 0.15) is 11.3 Å². The average Bonchev–Trinajstić information content (AvgIpc) is 2.46. The lowest BCUT2D eigenvalue weighted by Gasteiger charge is -2.12. The molecule has 0 unspecified atom stereocenters. The van der Waals surface area contributed by atoms with Gasteiger partial charge in [0.2, 0.25) is 5.28 Å². The van der Waals surface area contributed by atoms with E-state index in [-0.39, 0.29) is 18.3 Å². The summed E-state index contributed by atoms with van der Waals surface area (Å²) in [7, 11) is 0. The minimum Gasteiger partial charge on any atom is -0.487 e. The minimum absolute atomic E-state index is 0.0317. The van der Waals surface area contributed by atoms with Gasteiger partial charge in [-0.05, 0) is 29.3 Å². The molecule has 1 atom stereocenters. The summed E-state index contributed by atoms with van der Waals surface area (Å²) in [5, 5.41) is 18.3. The summed E-state index contributed by atoms with van der Waals surface area (Å²) >= 11 is 5.69. The van der Waals surface area contributed by atoms with Crippen LogP contribution in [0.5, 0.6) is 5.75 Å². The van der Waals surface area contributed by atoms with Gasteiger partial charge in [-0.15, -0.1) is 0 Å². The van der Waals surface area contributed by atoms with Crippen LogP contribution >= 0.6 is 11.6 Å². The van der Waals surface area contributed by atoms with Crippen LogP contribution < -0.4 is 4.74 Å². The van der Waals surface area contributed by atoms with E-state index in [4.69, 9.17) is 21.4 Å². The SMILES string of the molecule is O=C(O)[C@H](O)Cc1ccccc1OCc1ccnc(Cl)n1. The Labute approximate surface area is 126 Å². The second-order valence-electron chi connectivity index (χ2n) is 4.27. The largest absolute Gasteiger partial charge is 0.487 e. The van der Waals surface area contributed by atoms with Crippen LogP contribution in [0.25, 0.3) is 0 Å². The Kier molecular flexibility index (Phi) is 5.08. The molecule has 0 saturated carbocycles. The summed E-state index contributed by atoms with van der Waals surface area (Å²) in [6.07, 6.45) is 0.0210. The number of halogens is 1. The molecule has 7 heteroatoms. The van der Waals surface area contributed by atoms with E-state index in [2.05, 4.69) is 9.97 Å². The lowest BCUT2D eigenvalue weighted by Crippen LogP contribution is -2.22. The zero-order chi connectivity index (χ0) is 15.2. The standard InChI is InChI=1S/C14H13ClN2O4/c15-14-16-6-5-10(17-14)8-21-12-4-2-1-3-9(12)7-11(18)13(19)20/h1-6,11,18H,7-8H2,(H,19,20)/t11-/m1/s1. The fourth-order valence-corrected chi connectivity index (χ4v) is 1.88. The lowest BCUT2D eigenvalue weighted by molar-refractivity contribution is -0.146. The number of para-hydroxylation sites is 1. The van der Waals surface area contributed by atoms with Crippen molar-refractivity contribution in [1.29, 1.82) is 0 Å². The van der Waals surface area contributed by atoms with Crippen molar-refractivity contribution in [1.82, 2.24) is 9.97 Å². The number of aliphatic carboxylic acids is 1. The highest BCUT2D eigenvalue weighted by molar-refractivity contribution is 6.28. The third-order valence-corrected chi connectivity index (χ3v) is 2.91. The van der Waals surface area contributed by atoms with Crippen molar-refractivity contribution < 1.29 is 19.7 Å². The number of carboxylic acid groups (broad SMARTS) is 1. The van der Waals surface area contributed by atoms with Crippen molar-refractivity contribution in [2.75, 3.05) is 0 Å². The number of aliphatic hydroxyl groups excluding tert-OH is 1. The van der Waals surface area contributed by atoms with E-state index in [9.17, 15) is 9.90 Å². The van der Waals surface area contributed by atoms with E-state index in [1.165, 1.54) is 6.20 Å². The van der Waals surface area contributed by atoms with Gasteiger partial charge in [0.1, 0.15) is 12.4 Å². The minimum atomic E-state index is -1.47. The Morgan fingerprint density at radius 1 is 1.33 bits per heavy atom. The van der Waals surface area contributed by atoms with Gasteiger partial charge in [0.05, 0.1) is 5.69 Å². The van der Waals surface area contributed by atoms with E-state index in [1.807, 2.05) is 0 Å². The topological polar surface area (TPSA) is 92.5 Å². The smallest absolute Gasteiger partial charge is 0.332 e. The number of nitrogens with zero attached hydrogens (tertiary/aromatic N) is 2. The van der Waals surface area contributed by atoms with Crippen molar-refractivity contribution in [2.24, 2.45) is 0 Å². The molecule has 2 aromatic rings. The molecule has 0 spiro atoms. The molecule has 1 aromatic heterocycles. The van der Waals surface area contributed by atoms with Gasteiger partial charge < -0.3 is 14.9 Å². The number of rotatable bonds is 6. The molecular formula is C14H13ClN2O4. The summed E-state index contributed by atoms with van der Waals surface area (Å²) in [6, 6.07) is 8.58. The molecule has 0 aliphatic heterocycles. The molecule has 0 fully saturated rings. The average molecular weight is 309 g/mol.